The number of aliphatic hydroxyl groups excluding tert-OH is 1. The Morgan fingerprint density at radius 1 is 1.14 bits per heavy atom. The van der Waals surface area contributed by atoms with Gasteiger partial charge in [0.15, 0.2) is 0 Å². The molecule has 4 heteroatoms. The highest BCUT2D eigenvalue weighted by Gasteiger charge is 2.06. The van der Waals surface area contributed by atoms with Crippen LogP contribution in [0.3, 0.4) is 0 Å². The van der Waals surface area contributed by atoms with Crippen molar-refractivity contribution < 1.29 is 14.6 Å². The minimum atomic E-state index is -0.184. The first-order chi connectivity index (χ1) is 10.2. The number of hydrogen-bond acceptors (Lipinski definition) is 3. The number of halogens is 1. The van der Waals surface area contributed by atoms with Crippen LogP contribution in [0.4, 0.5) is 0 Å². The fourth-order valence-electron chi connectivity index (χ4n) is 1.85. The Balaban J connectivity index is 2.19. The molecule has 0 atom stereocenters. The molecule has 0 aliphatic heterocycles. The first-order valence-corrected chi connectivity index (χ1v) is 6.76. The second kappa shape index (κ2) is 7.58. The number of para-hydroxylation sites is 1. The van der Waals surface area contributed by atoms with Crippen LogP contribution in [0.15, 0.2) is 42.5 Å². The van der Waals surface area contributed by atoms with Gasteiger partial charge in [0.05, 0.1) is 12.7 Å². The highest BCUT2D eigenvalue weighted by atomic mass is 35.5. The summed E-state index contributed by atoms with van der Waals surface area (Å²) >= 11 is 5.99. The summed E-state index contributed by atoms with van der Waals surface area (Å²) in [6.07, 6.45) is 0. The van der Waals surface area contributed by atoms with E-state index in [9.17, 15) is 0 Å². The molecule has 3 nitrogen and oxygen atoms in total. The Morgan fingerprint density at radius 3 is 2.71 bits per heavy atom. The zero-order valence-corrected chi connectivity index (χ0v) is 12.4. The number of methoxy groups -OCH3 is 1. The zero-order valence-electron chi connectivity index (χ0n) is 11.6. The van der Waals surface area contributed by atoms with Crippen LogP contribution in [-0.4, -0.2) is 18.8 Å². The van der Waals surface area contributed by atoms with E-state index >= 15 is 0 Å². The van der Waals surface area contributed by atoms with E-state index in [0.29, 0.717) is 17.4 Å². The van der Waals surface area contributed by atoms with Crippen LogP contribution in [0.25, 0.3) is 0 Å². The molecule has 2 aromatic carbocycles. The van der Waals surface area contributed by atoms with E-state index in [-0.39, 0.29) is 6.61 Å². The number of ether oxygens (including phenoxy) is 2. The third-order valence-electron chi connectivity index (χ3n) is 2.81. The smallest absolute Gasteiger partial charge is 0.135 e. The largest absolute Gasteiger partial charge is 0.496 e. The van der Waals surface area contributed by atoms with Gasteiger partial charge in [-0.05, 0) is 30.3 Å². The van der Waals surface area contributed by atoms with Crippen LogP contribution in [0.5, 0.6) is 11.5 Å². The standard InChI is InChI=1S/C17H15ClO3/c1-20-16-9-8-15(18)11-14(16)12-21-17-7-3-2-5-13(17)6-4-10-19/h2-3,5,7-9,11,19H,10,12H2,1H3. The fraction of sp³-hybridized carbons (Fsp3) is 0.176. The normalized spacial score (nSPS) is 9.67. The van der Waals surface area contributed by atoms with Crippen molar-refractivity contribution in [3.05, 3.63) is 58.6 Å². The van der Waals surface area contributed by atoms with Gasteiger partial charge in [-0.1, -0.05) is 35.6 Å². The Labute approximate surface area is 129 Å². The van der Waals surface area contributed by atoms with Gasteiger partial charge in [0.25, 0.3) is 0 Å². The predicted octanol–water partition coefficient (Wildman–Crippen LogP) is 3.27. The van der Waals surface area contributed by atoms with Crippen molar-refractivity contribution in [1.82, 2.24) is 0 Å². The molecule has 0 bridgehead atoms. The molecule has 1 N–H and O–H groups in total. The summed E-state index contributed by atoms with van der Waals surface area (Å²) in [5.41, 5.74) is 1.59. The molecule has 2 rings (SSSR count). The highest BCUT2D eigenvalue weighted by Crippen LogP contribution is 2.25. The third-order valence-corrected chi connectivity index (χ3v) is 3.05. The number of hydrogen-bond donors (Lipinski definition) is 1. The molecular weight excluding hydrogens is 288 g/mol. The molecular formula is C17H15ClO3. The maximum absolute atomic E-state index is 8.78. The maximum Gasteiger partial charge on any atom is 0.135 e. The van der Waals surface area contributed by atoms with Crippen LogP contribution >= 0.6 is 11.6 Å². The van der Waals surface area contributed by atoms with Gasteiger partial charge in [-0.25, -0.2) is 0 Å². The molecule has 0 aliphatic rings. The lowest BCUT2D eigenvalue weighted by Gasteiger charge is -2.11. The van der Waals surface area contributed by atoms with Crippen LogP contribution in [0, 0.1) is 11.8 Å². The molecule has 0 unspecified atom stereocenters. The molecule has 0 saturated heterocycles. The second-order valence-electron chi connectivity index (χ2n) is 4.20. The summed E-state index contributed by atoms with van der Waals surface area (Å²) in [5.74, 6) is 6.85. The van der Waals surface area contributed by atoms with E-state index in [1.807, 2.05) is 30.3 Å². The van der Waals surface area contributed by atoms with Crippen LogP contribution in [-0.2, 0) is 6.61 Å². The van der Waals surface area contributed by atoms with E-state index in [4.69, 9.17) is 26.2 Å². The lowest BCUT2D eigenvalue weighted by Crippen LogP contribution is -2.00. The number of aliphatic hydroxyl groups is 1. The van der Waals surface area contributed by atoms with E-state index in [0.717, 1.165) is 16.9 Å². The van der Waals surface area contributed by atoms with Crippen molar-refractivity contribution in [2.45, 2.75) is 6.61 Å². The van der Waals surface area contributed by atoms with Crippen molar-refractivity contribution in [3.8, 4) is 23.3 Å². The van der Waals surface area contributed by atoms with Crippen molar-refractivity contribution in [3.63, 3.8) is 0 Å². The summed E-state index contributed by atoms with van der Waals surface area (Å²) in [5, 5.41) is 9.41. The molecule has 0 fully saturated rings. The topological polar surface area (TPSA) is 38.7 Å². The van der Waals surface area contributed by atoms with Crippen LogP contribution in [0.2, 0.25) is 5.02 Å². The number of rotatable bonds is 4. The van der Waals surface area contributed by atoms with Gasteiger partial charge in [-0.15, -0.1) is 0 Å². The predicted molar refractivity (Wildman–Crippen MR) is 82.7 cm³/mol. The quantitative estimate of drug-likeness (QED) is 0.881. The molecule has 0 heterocycles. The fourth-order valence-corrected chi connectivity index (χ4v) is 2.04. The Kier molecular flexibility index (Phi) is 5.51. The molecule has 21 heavy (non-hydrogen) atoms. The summed E-state index contributed by atoms with van der Waals surface area (Å²) in [6, 6.07) is 12.8. The Bertz CT molecular complexity index is 671. The maximum atomic E-state index is 8.78. The second-order valence-corrected chi connectivity index (χ2v) is 4.64. The molecule has 0 aliphatic carbocycles. The monoisotopic (exact) mass is 302 g/mol. The SMILES string of the molecule is COc1ccc(Cl)cc1COc1ccccc1C#CCO. The molecule has 0 amide bonds. The Morgan fingerprint density at radius 2 is 1.95 bits per heavy atom. The van der Waals surface area contributed by atoms with Crippen LogP contribution in [0.1, 0.15) is 11.1 Å². The van der Waals surface area contributed by atoms with Crippen molar-refractivity contribution in [2.75, 3.05) is 13.7 Å². The van der Waals surface area contributed by atoms with Crippen molar-refractivity contribution >= 4 is 11.6 Å². The van der Waals surface area contributed by atoms with E-state index in [1.165, 1.54) is 0 Å². The highest BCUT2D eigenvalue weighted by molar-refractivity contribution is 6.30. The zero-order chi connectivity index (χ0) is 15.1. The molecule has 0 radical (unpaired) electrons. The summed E-state index contributed by atoms with van der Waals surface area (Å²) in [4.78, 5) is 0. The van der Waals surface area contributed by atoms with Gasteiger partial charge in [0, 0.05) is 10.6 Å². The summed E-state index contributed by atoms with van der Waals surface area (Å²) in [7, 11) is 1.60. The lowest BCUT2D eigenvalue weighted by atomic mass is 10.2. The first kappa shape index (κ1) is 15.2. The van der Waals surface area contributed by atoms with E-state index < -0.39 is 0 Å². The van der Waals surface area contributed by atoms with Gasteiger partial charge in [0.1, 0.15) is 24.7 Å². The van der Waals surface area contributed by atoms with Gasteiger partial charge in [0.2, 0.25) is 0 Å². The van der Waals surface area contributed by atoms with Gasteiger partial charge >= 0.3 is 0 Å². The first-order valence-electron chi connectivity index (χ1n) is 6.38. The van der Waals surface area contributed by atoms with Gasteiger partial charge in [-0.3, -0.25) is 0 Å². The molecule has 2 aromatic rings. The minimum absolute atomic E-state index is 0.184. The van der Waals surface area contributed by atoms with Crippen molar-refractivity contribution in [1.29, 1.82) is 0 Å². The summed E-state index contributed by atoms with van der Waals surface area (Å²) in [6.45, 7) is 0.137. The number of benzene rings is 2. The van der Waals surface area contributed by atoms with Crippen molar-refractivity contribution in [2.24, 2.45) is 0 Å². The van der Waals surface area contributed by atoms with E-state index in [1.54, 1.807) is 19.2 Å². The Hall–Kier alpha value is -2.15. The van der Waals surface area contributed by atoms with Gasteiger partial charge in [-0.2, -0.15) is 0 Å². The third kappa shape index (κ3) is 4.16. The minimum Gasteiger partial charge on any atom is -0.496 e. The lowest BCUT2D eigenvalue weighted by molar-refractivity contribution is 0.296. The van der Waals surface area contributed by atoms with Crippen LogP contribution < -0.4 is 9.47 Å². The summed E-state index contributed by atoms with van der Waals surface area (Å²) < 4.78 is 11.1. The molecule has 0 saturated carbocycles. The van der Waals surface area contributed by atoms with Gasteiger partial charge < -0.3 is 14.6 Å². The average Bonchev–Trinajstić information content (AvgIpc) is 2.52. The molecule has 0 aromatic heterocycles. The van der Waals surface area contributed by atoms with E-state index in [2.05, 4.69) is 11.8 Å². The molecule has 108 valence electrons. The average molecular weight is 303 g/mol. The molecule has 0 spiro atoms.